The third-order valence-corrected chi connectivity index (χ3v) is 4.50. The number of nitrogens with zero attached hydrogens (tertiary/aromatic N) is 2. The summed E-state index contributed by atoms with van der Waals surface area (Å²) < 4.78 is 0. The van der Waals surface area contributed by atoms with Crippen LogP contribution in [0.2, 0.25) is 0 Å². The minimum absolute atomic E-state index is 0.142. The summed E-state index contributed by atoms with van der Waals surface area (Å²) in [6.07, 6.45) is 8.31. The summed E-state index contributed by atoms with van der Waals surface area (Å²) in [5.74, 6) is 0.183. The molecule has 7 heteroatoms. The van der Waals surface area contributed by atoms with Gasteiger partial charge >= 0.3 is 0 Å². The summed E-state index contributed by atoms with van der Waals surface area (Å²) in [7, 11) is 0. The van der Waals surface area contributed by atoms with Crippen molar-refractivity contribution in [1.29, 1.82) is 0 Å². The molecule has 0 atom stereocenters. The number of anilines is 3. The highest BCUT2D eigenvalue weighted by atomic mass is 16.2. The number of carbonyl (C=O) groups excluding carboxylic acids is 2. The zero-order valence-corrected chi connectivity index (χ0v) is 16.0. The van der Waals surface area contributed by atoms with E-state index in [9.17, 15) is 9.59 Å². The minimum atomic E-state index is -0.335. The number of rotatable bonds is 7. The van der Waals surface area contributed by atoms with Gasteiger partial charge in [-0.05, 0) is 68.5 Å². The summed E-state index contributed by atoms with van der Waals surface area (Å²) in [5, 5.41) is 16.8. The van der Waals surface area contributed by atoms with Crippen molar-refractivity contribution in [3.63, 3.8) is 0 Å². The van der Waals surface area contributed by atoms with Crippen molar-refractivity contribution in [3.8, 4) is 0 Å². The van der Waals surface area contributed by atoms with E-state index >= 15 is 0 Å². The molecule has 2 aromatic rings. The van der Waals surface area contributed by atoms with Crippen LogP contribution in [0.4, 0.5) is 17.2 Å². The third kappa shape index (κ3) is 5.90. The summed E-state index contributed by atoms with van der Waals surface area (Å²) >= 11 is 0. The molecule has 28 heavy (non-hydrogen) atoms. The highest BCUT2D eigenvalue weighted by Crippen LogP contribution is 2.20. The highest BCUT2D eigenvalue weighted by Gasteiger charge is 2.09. The van der Waals surface area contributed by atoms with Crippen LogP contribution in [0.1, 0.15) is 49.5 Å². The summed E-state index contributed by atoms with van der Waals surface area (Å²) in [6, 6.07) is 10.3. The Bertz CT molecular complexity index is 844. The number of allylic oxidation sites excluding steroid dienone is 1. The van der Waals surface area contributed by atoms with E-state index < -0.39 is 0 Å². The Hall–Kier alpha value is -3.22. The van der Waals surface area contributed by atoms with E-state index in [2.05, 4.69) is 32.2 Å². The number of benzene rings is 1. The number of amides is 2. The predicted molar refractivity (Wildman–Crippen MR) is 110 cm³/mol. The minimum Gasteiger partial charge on any atom is -0.368 e. The van der Waals surface area contributed by atoms with Crippen LogP contribution in [-0.2, 0) is 4.79 Å². The molecule has 0 saturated carbocycles. The van der Waals surface area contributed by atoms with E-state index in [1.165, 1.54) is 38.2 Å². The second-order valence-electron chi connectivity index (χ2n) is 6.80. The highest BCUT2D eigenvalue weighted by molar-refractivity contribution is 6.03. The summed E-state index contributed by atoms with van der Waals surface area (Å²) in [5.41, 5.74) is 3.03. The van der Waals surface area contributed by atoms with Crippen LogP contribution in [0.15, 0.2) is 48.0 Å². The van der Waals surface area contributed by atoms with Gasteiger partial charge in [0.05, 0.1) is 0 Å². The topological polar surface area (TPSA) is 96.0 Å². The first-order valence-corrected chi connectivity index (χ1v) is 9.55. The van der Waals surface area contributed by atoms with Crippen molar-refractivity contribution in [1.82, 2.24) is 10.2 Å². The first-order valence-electron chi connectivity index (χ1n) is 9.55. The number of carbonyl (C=O) groups is 2. The second-order valence-corrected chi connectivity index (χ2v) is 6.80. The van der Waals surface area contributed by atoms with E-state index in [4.69, 9.17) is 0 Å². The summed E-state index contributed by atoms with van der Waals surface area (Å²) in [6.45, 7) is 2.26. The molecule has 1 aromatic heterocycles. The molecule has 2 amide bonds. The average molecular weight is 379 g/mol. The van der Waals surface area contributed by atoms with Crippen molar-refractivity contribution in [2.45, 2.75) is 39.0 Å². The molecule has 1 aliphatic rings. The monoisotopic (exact) mass is 379 g/mol. The lowest BCUT2D eigenvalue weighted by atomic mass is 9.97. The van der Waals surface area contributed by atoms with Gasteiger partial charge in [0.2, 0.25) is 5.91 Å². The molecule has 1 aromatic carbocycles. The van der Waals surface area contributed by atoms with Gasteiger partial charge in [-0.15, -0.1) is 10.2 Å². The maximum Gasteiger partial charge on any atom is 0.276 e. The van der Waals surface area contributed by atoms with E-state index in [1.807, 2.05) is 0 Å². The van der Waals surface area contributed by atoms with Gasteiger partial charge in [-0.2, -0.15) is 0 Å². The van der Waals surface area contributed by atoms with Crippen LogP contribution < -0.4 is 16.0 Å². The lowest BCUT2D eigenvalue weighted by Gasteiger charge is -2.13. The van der Waals surface area contributed by atoms with E-state index in [0.717, 1.165) is 13.0 Å². The quantitative estimate of drug-likeness (QED) is 0.632. The molecular formula is C21H25N5O2. The second kappa shape index (κ2) is 9.64. The van der Waals surface area contributed by atoms with Crippen LogP contribution in [0.5, 0.6) is 0 Å². The Kier molecular flexibility index (Phi) is 6.73. The lowest BCUT2D eigenvalue weighted by Crippen LogP contribution is -2.15. The molecule has 0 bridgehead atoms. The summed E-state index contributed by atoms with van der Waals surface area (Å²) in [4.78, 5) is 23.3. The number of aromatic nitrogens is 2. The van der Waals surface area contributed by atoms with Gasteiger partial charge in [-0.1, -0.05) is 11.6 Å². The smallest absolute Gasteiger partial charge is 0.276 e. The molecule has 0 radical (unpaired) electrons. The molecule has 0 saturated heterocycles. The maximum absolute atomic E-state index is 12.3. The van der Waals surface area contributed by atoms with E-state index in [-0.39, 0.29) is 17.5 Å². The molecule has 7 nitrogen and oxygen atoms in total. The van der Waals surface area contributed by atoms with Gasteiger partial charge in [0.25, 0.3) is 5.91 Å². The van der Waals surface area contributed by atoms with Crippen LogP contribution in [-0.4, -0.2) is 28.6 Å². The molecule has 1 aliphatic carbocycles. The fourth-order valence-electron chi connectivity index (χ4n) is 3.07. The largest absolute Gasteiger partial charge is 0.368 e. The maximum atomic E-state index is 12.3. The molecule has 0 aliphatic heterocycles. The Morgan fingerprint density at radius 3 is 2.32 bits per heavy atom. The van der Waals surface area contributed by atoms with E-state index in [0.29, 0.717) is 17.2 Å². The van der Waals surface area contributed by atoms with Gasteiger partial charge in [0.1, 0.15) is 5.82 Å². The molecule has 3 rings (SSSR count). The first kappa shape index (κ1) is 19.5. The van der Waals surface area contributed by atoms with Crippen LogP contribution >= 0.6 is 0 Å². The Balaban J connectivity index is 1.49. The Morgan fingerprint density at radius 1 is 0.964 bits per heavy atom. The van der Waals surface area contributed by atoms with Crippen molar-refractivity contribution < 1.29 is 9.59 Å². The fourth-order valence-corrected chi connectivity index (χ4v) is 3.07. The first-order chi connectivity index (χ1) is 13.6. The van der Waals surface area contributed by atoms with Gasteiger partial charge < -0.3 is 16.0 Å². The van der Waals surface area contributed by atoms with Gasteiger partial charge in [-0.25, -0.2) is 0 Å². The Labute approximate surface area is 164 Å². The average Bonchev–Trinajstić information content (AvgIpc) is 2.70. The van der Waals surface area contributed by atoms with E-state index in [1.54, 1.807) is 36.4 Å². The van der Waals surface area contributed by atoms with Crippen LogP contribution in [0, 0.1) is 0 Å². The fraction of sp³-hybridized carbons (Fsp3) is 0.333. The van der Waals surface area contributed by atoms with Crippen molar-refractivity contribution in [2.75, 3.05) is 22.5 Å². The number of nitrogens with one attached hydrogen (secondary N) is 3. The predicted octanol–water partition coefficient (Wildman–Crippen LogP) is 3.99. The zero-order chi connectivity index (χ0) is 19.8. The third-order valence-electron chi connectivity index (χ3n) is 4.50. The van der Waals surface area contributed by atoms with Gasteiger partial charge in [0, 0.05) is 24.8 Å². The SMILES string of the molecule is CC(=O)Nc1ccc(NC(=O)c2ccc(NCCC3=CCCCC3)nn2)cc1. The van der Waals surface area contributed by atoms with Crippen molar-refractivity contribution >= 4 is 29.0 Å². The van der Waals surface area contributed by atoms with Gasteiger partial charge in [0.15, 0.2) is 5.69 Å². The van der Waals surface area contributed by atoms with Crippen molar-refractivity contribution in [3.05, 3.63) is 53.7 Å². The van der Waals surface area contributed by atoms with Crippen LogP contribution in [0.25, 0.3) is 0 Å². The molecule has 3 N–H and O–H groups in total. The number of hydrogen-bond donors (Lipinski definition) is 3. The molecule has 0 unspecified atom stereocenters. The van der Waals surface area contributed by atoms with Crippen molar-refractivity contribution in [2.24, 2.45) is 0 Å². The Morgan fingerprint density at radius 2 is 1.71 bits per heavy atom. The zero-order valence-electron chi connectivity index (χ0n) is 16.0. The molecule has 0 fully saturated rings. The molecule has 0 spiro atoms. The number of hydrogen-bond acceptors (Lipinski definition) is 5. The molecule has 1 heterocycles. The lowest BCUT2D eigenvalue weighted by molar-refractivity contribution is -0.114. The van der Waals surface area contributed by atoms with Gasteiger partial charge in [-0.3, -0.25) is 9.59 Å². The molecular weight excluding hydrogens is 354 g/mol. The normalized spacial score (nSPS) is 13.4. The molecule has 146 valence electrons. The van der Waals surface area contributed by atoms with Crippen LogP contribution in [0.3, 0.4) is 0 Å². The standard InChI is InChI=1S/C21H25N5O2/c1-15(27)23-17-7-9-18(10-8-17)24-21(28)19-11-12-20(26-25-19)22-14-13-16-5-3-2-4-6-16/h5,7-12H,2-4,6,13-14H2,1H3,(H,22,26)(H,23,27)(H,24,28).